The van der Waals surface area contributed by atoms with Gasteiger partial charge in [-0.3, -0.25) is 10.4 Å². The lowest BCUT2D eigenvalue weighted by Crippen LogP contribution is -2.21. The molecule has 0 saturated carbocycles. The molecule has 8 nitrogen and oxygen atoms in total. The van der Waals surface area contributed by atoms with Crippen LogP contribution < -0.4 is 21.6 Å². The summed E-state index contributed by atoms with van der Waals surface area (Å²) in [5.41, 5.74) is 11.5. The fraction of sp³-hybridized carbons (Fsp3) is 0.258. The zero-order valence-corrected chi connectivity index (χ0v) is 23.3. The highest BCUT2D eigenvalue weighted by atomic mass is 16.3. The van der Waals surface area contributed by atoms with Crippen LogP contribution in [0.4, 0.5) is 11.4 Å². The lowest BCUT2D eigenvalue weighted by Gasteiger charge is -2.21. The number of aryl methyl sites for hydroxylation is 2. The van der Waals surface area contributed by atoms with E-state index in [0.717, 1.165) is 57.8 Å². The predicted molar refractivity (Wildman–Crippen MR) is 158 cm³/mol. The second-order valence-corrected chi connectivity index (χ2v) is 9.74. The number of aromatic amines is 1. The van der Waals surface area contributed by atoms with Crippen molar-refractivity contribution >= 4 is 22.3 Å². The van der Waals surface area contributed by atoms with E-state index in [0.29, 0.717) is 22.5 Å². The monoisotopic (exact) mass is 522 g/mol. The number of nitrogens with one attached hydrogen (secondary N) is 2. The minimum absolute atomic E-state index is 0.321. The fourth-order valence-electron chi connectivity index (χ4n) is 4.70. The number of rotatable bonds is 7. The number of anilines is 2. The van der Waals surface area contributed by atoms with Crippen LogP contribution in [0, 0.1) is 27.7 Å². The van der Waals surface area contributed by atoms with Crippen LogP contribution in [0.2, 0.25) is 0 Å². The van der Waals surface area contributed by atoms with E-state index in [1.165, 1.54) is 4.68 Å². The highest BCUT2D eigenvalue weighted by Gasteiger charge is 2.16. The third-order valence-corrected chi connectivity index (χ3v) is 7.42. The quantitative estimate of drug-likeness (QED) is 0.257. The first-order valence-electron chi connectivity index (χ1n) is 13.3. The molecule has 0 bridgehead atoms. The van der Waals surface area contributed by atoms with Gasteiger partial charge in [0.15, 0.2) is 5.82 Å². The zero-order chi connectivity index (χ0) is 27.7. The second-order valence-electron chi connectivity index (χ2n) is 9.74. The molecule has 2 N–H and O–H groups in total. The van der Waals surface area contributed by atoms with Crippen LogP contribution in [0.25, 0.3) is 28.0 Å². The van der Waals surface area contributed by atoms with Gasteiger partial charge in [0.05, 0.1) is 16.9 Å². The summed E-state index contributed by atoms with van der Waals surface area (Å²) in [7, 11) is 0. The first kappa shape index (κ1) is 26.0. The van der Waals surface area contributed by atoms with Gasteiger partial charge in [0, 0.05) is 30.2 Å². The maximum Gasteiger partial charge on any atom is 0.348 e. The molecule has 5 rings (SSSR count). The summed E-state index contributed by atoms with van der Waals surface area (Å²) in [4.78, 5) is 18.2. The van der Waals surface area contributed by atoms with Gasteiger partial charge >= 0.3 is 5.69 Å². The Morgan fingerprint density at radius 3 is 2.41 bits per heavy atom. The van der Waals surface area contributed by atoms with Crippen LogP contribution in [-0.2, 0) is 0 Å². The second kappa shape index (κ2) is 10.6. The molecule has 200 valence electrons. The average Bonchev–Trinajstić information content (AvgIpc) is 3.32. The number of hydrogen-bond acceptors (Lipinski definition) is 6. The maximum atomic E-state index is 13.1. The van der Waals surface area contributed by atoms with Gasteiger partial charge in [-0.05, 0) is 94.1 Å². The zero-order valence-electron chi connectivity index (χ0n) is 23.3. The average molecular weight is 523 g/mol. The molecule has 0 radical (unpaired) electrons. The third-order valence-electron chi connectivity index (χ3n) is 7.42. The molecule has 0 amide bonds. The number of benzene rings is 3. The molecule has 0 fully saturated rings. The SMILES string of the molecule is CCN(CC)c1ccc2cc(-c3nn(-c4cccc(C)c4C)c(=O)[nH]3)/c(=N\Nc3cccc(C)c3C)oc2c1. The predicted octanol–water partition coefficient (Wildman–Crippen LogP) is 5.98. The number of nitrogens with zero attached hydrogens (tertiary/aromatic N) is 4. The normalized spacial score (nSPS) is 11.8. The Morgan fingerprint density at radius 2 is 1.67 bits per heavy atom. The van der Waals surface area contributed by atoms with Crippen LogP contribution >= 0.6 is 0 Å². The highest BCUT2D eigenvalue weighted by Crippen LogP contribution is 2.25. The highest BCUT2D eigenvalue weighted by molar-refractivity contribution is 5.83. The van der Waals surface area contributed by atoms with Crippen molar-refractivity contribution in [1.82, 2.24) is 14.8 Å². The minimum atomic E-state index is -0.330. The molecular formula is C31H34N6O2. The van der Waals surface area contributed by atoms with E-state index < -0.39 is 0 Å². The van der Waals surface area contributed by atoms with Gasteiger partial charge in [-0.15, -0.1) is 10.2 Å². The largest absolute Gasteiger partial charge is 0.436 e. The van der Waals surface area contributed by atoms with Gasteiger partial charge in [0.2, 0.25) is 5.55 Å². The number of hydrogen-bond donors (Lipinski definition) is 2. The number of aromatic nitrogens is 3. The molecule has 3 aromatic carbocycles. The van der Waals surface area contributed by atoms with Crippen molar-refractivity contribution < 1.29 is 4.42 Å². The Balaban J connectivity index is 1.70. The third kappa shape index (κ3) is 4.97. The molecule has 0 saturated heterocycles. The van der Waals surface area contributed by atoms with Crippen LogP contribution in [-0.4, -0.2) is 27.9 Å². The smallest absolute Gasteiger partial charge is 0.348 e. The summed E-state index contributed by atoms with van der Waals surface area (Å²) in [6.07, 6.45) is 0. The van der Waals surface area contributed by atoms with E-state index in [1.54, 1.807) is 0 Å². The van der Waals surface area contributed by atoms with Crippen molar-refractivity contribution in [3.63, 3.8) is 0 Å². The van der Waals surface area contributed by atoms with E-state index in [4.69, 9.17) is 4.42 Å². The van der Waals surface area contributed by atoms with Gasteiger partial charge in [-0.2, -0.15) is 4.68 Å². The molecule has 0 unspecified atom stereocenters. The summed E-state index contributed by atoms with van der Waals surface area (Å²) in [6.45, 7) is 14.2. The Morgan fingerprint density at radius 1 is 0.949 bits per heavy atom. The van der Waals surface area contributed by atoms with Crippen LogP contribution in [0.5, 0.6) is 0 Å². The topological polar surface area (TPSA) is 91.5 Å². The Hall–Kier alpha value is -4.59. The molecule has 0 spiro atoms. The van der Waals surface area contributed by atoms with Gasteiger partial charge in [0.1, 0.15) is 5.58 Å². The van der Waals surface area contributed by atoms with Crippen LogP contribution in [0.1, 0.15) is 36.1 Å². The molecule has 8 heteroatoms. The first-order chi connectivity index (χ1) is 18.8. The lowest BCUT2D eigenvalue weighted by molar-refractivity contribution is 0.542. The van der Waals surface area contributed by atoms with Crippen LogP contribution in [0.3, 0.4) is 0 Å². The van der Waals surface area contributed by atoms with Gasteiger partial charge in [-0.1, -0.05) is 24.3 Å². The van der Waals surface area contributed by atoms with Crippen LogP contribution in [0.15, 0.2) is 75.0 Å². The van der Waals surface area contributed by atoms with Crippen molar-refractivity contribution in [2.75, 3.05) is 23.4 Å². The number of fused-ring (bicyclic) bond motifs is 1. The minimum Gasteiger partial charge on any atom is -0.436 e. The van der Waals surface area contributed by atoms with Crippen molar-refractivity contribution in [1.29, 1.82) is 0 Å². The van der Waals surface area contributed by atoms with Crippen molar-refractivity contribution in [2.45, 2.75) is 41.5 Å². The Bertz CT molecular complexity index is 1790. The van der Waals surface area contributed by atoms with E-state index in [-0.39, 0.29) is 5.69 Å². The van der Waals surface area contributed by atoms with E-state index >= 15 is 0 Å². The van der Waals surface area contributed by atoms with Crippen molar-refractivity contribution in [2.24, 2.45) is 5.10 Å². The van der Waals surface area contributed by atoms with Gasteiger partial charge < -0.3 is 9.32 Å². The Kier molecular flexibility index (Phi) is 7.11. The summed E-state index contributed by atoms with van der Waals surface area (Å²) < 4.78 is 7.79. The summed E-state index contributed by atoms with van der Waals surface area (Å²) in [6, 6.07) is 19.9. The molecule has 0 aliphatic carbocycles. The number of H-pyrrole nitrogens is 1. The summed E-state index contributed by atoms with van der Waals surface area (Å²) >= 11 is 0. The Labute approximate surface area is 227 Å². The molecule has 2 heterocycles. The van der Waals surface area contributed by atoms with Crippen molar-refractivity contribution in [3.05, 3.63) is 99.0 Å². The standard InChI is InChI=1S/C31H34N6O2/c1-7-36(8-2)24-16-15-23-17-25(29-32-31(38)37(35-29)27-14-10-12-20(4)22(27)6)30(39-28(23)18-24)34-33-26-13-9-11-19(3)21(26)5/h9-18,33H,7-8H2,1-6H3,(H,32,35,38)/b34-30+. The first-order valence-corrected chi connectivity index (χ1v) is 13.3. The lowest BCUT2D eigenvalue weighted by atomic mass is 10.1. The molecule has 39 heavy (non-hydrogen) atoms. The molecular weight excluding hydrogens is 488 g/mol. The summed E-state index contributed by atoms with van der Waals surface area (Å²) in [5, 5.41) is 10.2. The molecule has 2 aromatic heterocycles. The van der Waals surface area contributed by atoms with E-state index in [1.807, 2.05) is 69.3 Å². The maximum absolute atomic E-state index is 13.1. The molecule has 0 aliphatic rings. The van der Waals surface area contributed by atoms with Gasteiger partial charge in [0.25, 0.3) is 0 Å². The van der Waals surface area contributed by atoms with Crippen molar-refractivity contribution in [3.8, 4) is 17.1 Å². The molecule has 5 aromatic rings. The fourth-order valence-corrected chi connectivity index (χ4v) is 4.70. The molecule has 0 atom stereocenters. The van der Waals surface area contributed by atoms with E-state index in [2.05, 4.69) is 58.4 Å². The van der Waals surface area contributed by atoms with E-state index in [9.17, 15) is 4.79 Å². The molecule has 0 aliphatic heterocycles. The summed E-state index contributed by atoms with van der Waals surface area (Å²) in [5.74, 6) is 0.376. The van der Waals surface area contributed by atoms with Gasteiger partial charge in [-0.25, -0.2) is 4.79 Å².